The van der Waals surface area contributed by atoms with Crippen LogP contribution in [0.15, 0.2) is 0 Å². The molecule has 1 saturated carbocycles. The fourth-order valence-electron chi connectivity index (χ4n) is 1.69. The van der Waals surface area contributed by atoms with Gasteiger partial charge in [0, 0.05) is 0 Å². The molecule has 1 aliphatic carbocycles. The summed E-state index contributed by atoms with van der Waals surface area (Å²) in [5.74, 6) is 1.000. The third-order valence-corrected chi connectivity index (χ3v) is 4.77. The summed E-state index contributed by atoms with van der Waals surface area (Å²) in [7, 11) is 0.602. The van der Waals surface area contributed by atoms with Crippen LogP contribution in [0, 0.1) is 5.92 Å². The number of hydrogen-bond donors (Lipinski definition) is 0. The van der Waals surface area contributed by atoms with Gasteiger partial charge in [0.1, 0.15) is 0 Å². The zero-order valence-corrected chi connectivity index (χ0v) is 8.08. The molecule has 0 N–H and O–H groups in total. The molecule has 1 heteroatoms. The number of hydrogen-bond acceptors (Lipinski definition) is 0. The van der Waals surface area contributed by atoms with Crippen molar-refractivity contribution in [2.75, 3.05) is 6.26 Å². The van der Waals surface area contributed by atoms with Crippen molar-refractivity contribution < 1.29 is 0 Å². The number of rotatable bonds is 1. The molecule has 0 radical (unpaired) electrons. The van der Waals surface area contributed by atoms with Gasteiger partial charge in [0.05, 0.1) is 0 Å². The Hall–Kier alpha value is 0.220. The van der Waals surface area contributed by atoms with Gasteiger partial charge in [0.2, 0.25) is 0 Å². The van der Waals surface area contributed by atoms with Crippen molar-refractivity contribution in [3.63, 3.8) is 0 Å². The molecule has 0 amide bonds. The SMILES string of the molecule is CC=S(C)C1CCC(C)C1. The standard InChI is InChI=1S/C9H18S/c1-4-10(3)9-6-5-8(2)7-9/h4,8-9H,5-7H2,1-3H3. The van der Waals surface area contributed by atoms with Crippen molar-refractivity contribution in [1.82, 2.24) is 0 Å². The summed E-state index contributed by atoms with van der Waals surface area (Å²) in [4.78, 5) is 0. The summed E-state index contributed by atoms with van der Waals surface area (Å²) < 4.78 is 0. The molecule has 0 aliphatic heterocycles. The second-order valence-corrected chi connectivity index (χ2v) is 5.74. The van der Waals surface area contributed by atoms with Crippen molar-refractivity contribution in [3.05, 3.63) is 0 Å². The third-order valence-electron chi connectivity index (χ3n) is 2.54. The van der Waals surface area contributed by atoms with E-state index in [-0.39, 0.29) is 0 Å². The Morgan fingerprint density at radius 3 is 2.50 bits per heavy atom. The molecule has 3 unspecified atom stereocenters. The highest BCUT2D eigenvalue weighted by atomic mass is 32.2. The molecular formula is C9H18S. The lowest BCUT2D eigenvalue weighted by Gasteiger charge is -2.10. The first-order valence-electron chi connectivity index (χ1n) is 4.17. The lowest BCUT2D eigenvalue weighted by molar-refractivity contribution is 0.613. The van der Waals surface area contributed by atoms with Crippen LogP contribution in [-0.2, 0) is 0 Å². The maximum Gasteiger partial charge on any atom is -0.000557 e. The highest BCUT2D eigenvalue weighted by Crippen LogP contribution is 2.35. The van der Waals surface area contributed by atoms with Crippen LogP contribution in [0.5, 0.6) is 0 Å². The second kappa shape index (κ2) is 3.56. The van der Waals surface area contributed by atoms with E-state index in [9.17, 15) is 0 Å². The van der Waals surface area contributed by atoms with Gasteiger partial charge in [-0.15, -0.1) is 0 Å². The first-order chi connectivity index (χ1) is 4.74. The third kappa shape index (κ3) is 1.85. The van der Waals surface area contributed by atoms with E-state index in [1.54, 1.807) is 0 Å². The highest BCUT2D eigenvalue weighted by molar-refractivity contribution is 8.14. The van der Waals surface area contributed by atoms with Gasteiger partial charge >= 0.3 is 0 Å². The van der Waals surface area contributed by atoms with Gasteiger partial charge in [-0.2, -0.15) is 10.5 Å². The van der Waals surface area contributed by atoms with Crippen LogP contribution in [0.1, 0.15) is 33.1 Å². The quantitative estimate of drug-likeness (QED) is 0.515. The van der Waals surface area contributed by atoms with Gasteiger partial charge in [-0.25, -0.2) is 0 Å². The molecule has 1 rings (SSSR count). The molecule has 0 saturated heterocycles. The van der Waals surface area contributed by atoms with Gasteiger partial charge in [-0.3, -0.25) is 0 Å². The fraction of sp³-hybridized carbons (Fsp3) is 0.889. The Kier molecular flexibility index (Phi) is 2.96. The van der Waals surface area contributed by atoms with Crippen LogP contribution in [0.4, 0.5) is 0 Å². The predicted molar refractivity (Wildman–Crippen MR) is 52.1 cm³/mol. The van der Waals surface area contributed by atoms with E-state index >= 15 is 0 Å². The second-order valence-electron chi connectivity index (χ2n) is 3.38. The van der Waals surface area contributed by atoms with E-state index in [0.717, 1.165) is 11.2 Å². The Morgan fingerprint density at radius 1 is 1.40 bits per heavy atom. The summed E-state index contributed by atoms with van der Waals surface area (Å²) in [6.07, 6.45) is 6.80. The Labute approximate surface area is 66.9 Å². The van der Waals surface area contributed by atoms with E-state index < -0.39 is 0 Å². The van der Waals surface area contributed by atoms with E-state index in [0.29, 0.717) is 10.5 Å². The summed E-state index contributed by atoms with van der Waals surface area (Å²) in [6.45, 7) is 4.58. The Balaban J connectivity index is 2.45. The van der Waals surface area contributed by atoms with E-state index in [2.05, 4.69) is 25.5 Å². The van der Waals surface area contributed by atoms with Crippen molar-refractivity contribution >= 4 is 15.9 Å². The fourth-order valence-corrected chi connectivity index (χ4v) is 3.21. The average Bonchev–Trinajstić information content (AvgIpc) is 2.34. The summed E-state index contributed by atoms with van der Waals surface area (Å²) >= 11 is 0. The maximum absolute atomic E-state index is 2.38. The largest absolute Gasteiger partial charge is 0.190 e. The van der Waals surface area contributed by atoms with Gasteiger partial charge in [0.25, 0.3) is 0 Å². The van der Waals surface area contributed by atoms with Gasteiger partial charge in [-0.1, -0.05) is 12.3 Å². The molecular weight excluding hydrogens is 140 g/mol. The zero-order chi connectivity index (χ0) is 7.56. The van der Waals surface area contributed by atoms with E-state index in [4.69, 9.17) is 0 Å². The molecule has 1 aliphatic rings. The molecule has 0 aromatic heterocycles. The van der Waals surface area contributed by atoms with Crippen LogP contribution in [0.3, 0.4) is 0 Å². The maximum atomic E-state index is 2.38. The van der Waals surface area contributed by atoms with Gasteiger partial charge in [-0.05, 0) is 43.6 Å². The normalized spacial score (nSPS) is 36.7. The lowest BCUT2D eigenvalue weighted by atomic mass is 10.1. The zero-order valence-electron chi connectivity index (χ0n) is 7.26. The van der Waals surface area contributed by atoms with Crippen LogP contribution in [0.2, 0.25) is 0 Å². The minimum atomic E-state index is 0.602. The van der Waals surface area contributed by atoms with E-state index in [1.165, 1.54) is 19.3 Å². The van der Waals surface area contributed by atoms with E-state index in [1.807, 2.05) is 0 Å². The lowest BCUT2D eigenvalue weighted by Crippen LogP contribution is -1.97. The molecule has 60 valence electrons. The smallest absolute Gasteiger partial charge is 0.000557 e. The Bertz CT molecular complexity index is 138. The molecule has 1 fully saturated rings. The molecule has 10 heavy (non-hydrogen) atoms. The summed E-state index contributed by atoms with van der Waals surface area (Å²) in [6, 6.07) is 0. The van der Waals surface area contributed by atoms with Gasteiger partial charge < -0.3 is 0 Å². The topological polar surface area (TPSA) is 0 Å². The minimum Gasteiger partial charge on any atom is -0.190 e. The molecule has 0 aromatic carbocycles. The molecule has 3 atom stereocenters. The van der Waals surface area contributed by atoms with Crippen molar-refractivity contribution in [1.29, 1.82) is 0 Å². The molecule has 0 nitrogen and oxygen atoms in total. The van der Waals surface area contributed by atoms with Gasteiger partial charge in [0.15, 0.2) is 0 Å². The monoisotopic (exact) mass is 158 g/mol. The first kappa shape index (κ1) is 8.32. The van der Waals surface area contributed by atoms with Crippen molar-refractivity contribution in [2.24, 2.45) is 5.92 Å². The predicted octanol–water partition coefficient (Wildman–Crippen LogP) is 2.90. The average molecular weight is 158 g/mol. The first-order valence-corrected chi connectivity index (χ1v) is 5.93. The summed E-state index contributed by atoms with van der Waals surface area (Å²) in [5.41, 5.74) is 0. The summed E-state index contributed by atoms with van der Waals surface area (Å²) in [5, 5.41) is 3.41. The highest BCUT2D eigenvalue weighted by Gasteiger charge is 2.21. The molecule has 0 aromatic rings. The van der Waals surface area contributed by atoms with Crippen LogP contribution >= 0.6 is 10.5 Å². The van der Waals surface area contributed by atoms with Crippen molar-refractivity contribution in [3.8, 4) is 0 Å². The van der Waals surface area contributed by atoms with Crippen molar-refractivity contribution in [2.45, 2.75) is 38.4 Å². The Morgan fingerprint density at radius 2 is 2.10 bits per heavy atom. The van der Waals surface area contributed by atoms with Crippen LogP contribution in [-0.4, -0.2) is 16.9 Å². The minimum absolute atomic E-state index is 0.602. The molecule has 0 heterocycles. The van der Waals surface area contributed by atoms with Crippen LogP contribution < -0.4 is 0 Å². The molecule has 0 spiro atoms. The van der Waals surface area contributed by atoms with Crippen LogP contribution in [0.25, 0.3) is 0 Å². The molecule has 0 bridgehead atoms.